The fraction of sp³-hybridized carbons (Fsp3) is 0.600. The minimum absolute atomic E-state index is 0.0184. The van der Waals surface area contributed by atoms with E-state index in [4.69, 9.17) is 4.74 Å². The molecule has 1 aliphatic heterocycles. The molecule has 120 valence electrons. The lowest BCUT2D eigenvalue weighted by Crippen LogP contribution is -2.31. The number of nitrogens with one attached hydrogen (secondary N) is 1. The van der Waals surface area contributed by atoms with Crippen molar-refractivity contribution in [3.63, 3.8) is 0 Å². The second-order valence-electron chi connectivity index (χ2n) is 5.29. The lowest BCUT2D eigenvalue weighted by atomic mass is 10.2. The van der Waals surface area contributed by atoms with Gasteiger partial charge in [0.1, 0.15) is 4.83 Å². The lowest BCUT2D eigenvalue weighted by molar-refractivity contribution is 0.0861. The number of carbonyl (C=O) groups is 1. The van der Waals surface area contributed by atoms with Crippen molar-refractivity contribution in [2.24, 2.45) is 0 Å². The number of aromatic nitrogens is 1. The molecule has 1 atom stereocenters. The van der Waals surface area contributed by atoms with Crippen LogP contribution in [0.15, 0.2) is 6.07 Å². The van der Waals surface area contributed by atoms with Crippen molar-refractivity contribution >= 4 is 43.2 Å². The van der Waals surface area contributed by atoms with Gasteiger partial charge in [0.05, 0.1) is 15.7 Å². The van der Waals surface area contributed by atoms with E-state index in [-0.39, 0.29) is 12.0 Å². The summed E-state index contributed by atoms with van der Waals surface area (Å²) in [5, 5.41) is 4.00. The zero-order valence-corrected chi connectivity index (χ0v) is 14.6. The molecular weight excluding hydrogens is 318 g/mol. The van der Waals surface area contributed by atoms with Crippen molar-refractivity contribution in [3.05, 3.63) is 10.9 Å². The van der Waals surface area contributed by atoms with Gasteiger partial charge in [0.2, 0.25) is 0 Å². The molecule has 1 fully saturated rings. The fourth-order valence-corrected chi connectivity index (χ4v) is 4.82. The Labute approximate surface area is 138 Å². The maximum atomic E-state index is 12.2. The molecule has 1 aliphatic rings. The molecule has 7 heteroatoms. The van der Waals surface area contributed by atoms with Gasteiger partial charge in [0.15, 0.2) is 5.13 Å². The van der Waals surface area contributed by atoms with Gasteiger partial charge >= 0.3 is 0 Å². The Balaban J connectivity index is 1.66. The molecule has 5 nitrogen and oxygen atoms in total. The summed E-state index contributed by atoms with van der Waals surface area (Å²) in [7, 11) is 0. The van der Waals surface area contributed by atoms with Crippen LogP contribution in [-0.2, 0) is 4.74 Å². The average molecular weight is 339 g/mol. The number of hydrogen-bond donors (Lipinski definition) is 1. The third-order valence-corrected chi connectivity index (χ3v) is 6.07. The minimum Gasteiger partial charge on any atom is -0.376 e. The van der Waals surface area contributed by atoms with Gasteiger partial charge in [-0.1, -0.05) is 11.3 Å². The number of thiophene rings is 1. The van der Waals surface area contributed by atoms with E-state index >= 15 is 0 Å². The van der Waals surface area contributed by atoms with E-state index in [2.05, 4.69) is 29.0 Å². The number of fused-ring (bicyclic) bond motifs is 1. The van der Waals surface area contributed by atoms with Crippen molar-refractivity contribution in [1.29, 1.82) is 0 Å². The van der Waals surface area contributed by atoms with Gasteiger partial charge in [-0.25, -0.2) is 4.98 Å². The van der Waals surface area contributed by atoms with E-state index in [1.807, 2.05) is 6.07 Å². The van der Waals surface area contributed by atoms with Crippen LogP contribution in [0.3, 0.4) is 0 Å². The van der Waals surface area contributed by atoms with Gasteiger partial charge in [0.25, 0.3) is 5.91 Å². The smallest absolute Gasteiger partial charge is 0.261 e. The predicted octanol–water partition coefficient (Wildman–Crippen LogP) is 3.11. The van der Waals surface area contributed by atoms with Crippen LogP contribution in [0.1, 0.15) is 36.4 Å². The second-order valence-corrected chi connectivity index (χ2v) is 7.33. The second kappa shape index (κ2) is 6.93. The summed E-state index contributed by atoms with van der Waals surface area (Å²) in [6, 6.07) is 1.95. The van der Waals surface area contributed by atoms with Crippen LogP contribution in [0.5, 0.6) is 0 Å². The zero-order chi connectivity index (χ0) is 15.5. The molecule has 0 aromatic carbocycles. The van der Waals surface area contributed by atoms with Gasteiger partial charge < -0.3 is 15.0 Å². The molecule has 0 aliphatic carbocycles. The minimum atomic E-state index is -0.0184. The molecule has 1 amide bonds. The summed E-state index contributed by atoms with van der Waals surface area (Å²) in [6.45, 7) is 7.57. The topological polar surface area (TPSA) is 54.5 Å². The molecule has 1 N–H and O–H groups in total. The first kappa shape index (κ1) is 15.7. The van der Waals surface area contributed by atoms with Crippen LogP contribution < -0.4 is 10.2 Å². The highest BCUT2D eigenvalue weighted by Gasteiger charge is 2.19. The summed E-state index contributed by atoms with van der Waals surface area (Å²) in [4.78, 5) is 20.8. The van der Waals surface area contributed by atoms with Crippen molar-refractivity contribution in [2.45, 2.75) is 32.8 Å². The third kappa shape index (κ3) is 3.26. The number of amides is 1. The van der Waals surface area contributed by atoms with Gasteiger partial charge in [0, 0.05) is 26.2 Å². The summed E-state index contributed by atoms with van der Waals surface area (Å²) in [5.74, 6) is -0.0184. The van der Waals surface area contributed by atoms with Crippen molar-refractivity contribution in [1.82, 2.24) is 10.3 Å². The Morgan fingerprint density at radius 1 is 1.45 bits per heavy atom. The third-order valence-electron chi connectivity index (χ3n) is 3.85. The number of hydrogen-bond acceptors (Lipinski definition) is 6. The first-order chi connectivity index (χ1) is 10.7. The normalized spacial score (nSPS) is 18.0. The molecule has 1 saturated heterocycles. The Morgan fingerprint density at radius 2 is 2.27 bits per heavy atom. The van der Waals surface area contributed by atoms with Crippen molar-refractivity contribution < 1.29 is 9.53 Å². The Bertz CT molecular complexity index is 611. The average Bonchev–Trinajstić information content (AvgIpc) is 3.21. The molecule has 3 rings (SSSR count). The highest BCUT2D eigenvalue weighted by molar-refractivity contribution is 7.29. The first-order valence-corrected chi connectivity index (χ1v) is 9.39. The zero-order valence-electron chi connectivity index (χ0n) is 12.9. The quantitative estimate of drug-likeness (QED) is 0.878. The molecule has 0 spiro atoms. The van der Waals surface area contributed by atoms with Gasteiger partial charge in [-0.05, 0) is 32.8 Å². The molecule has 0 radical (unpaired) electrons. The van der Waals surface area contributed by atoms with Crippen molar-refractivity contribution in [3.8, 4) is 0 Å². The lowest BCUT2D eigenvalue weighted by Gasteiger charge is -2.16. The Kier molecular flexibility index (Phi) is 4.95. The maximum absolute atomic E-state index is 12.2. The summed E-state index contributed by atoms with van der Waals surface area (Å²) < 4.78 is 6.61. The van der Waals surface area contributed by atoms with Gasteiger partial charge in [-0.3, -0.25) is 4.79 Å². The summed E-state index contributed by atoms with van der Waals surface area (Å²) in [6.07, 6.45) is 2.31. The van der Waals surface area contributed by atoms with E-state index in [1.165, 1.54) is 11.3 Å². The highest BCUT2D eigenvalue weighted by Crippen LogP contribution is 2.34. The van der Waals surface area contributed by atoms with Crippen LogP contribution in [0.4, 0.5) is 5.13 Å². The maximum Gasteiger partial charge on any atom is 0.261 e. The van der Waals surface area contributed by atoms with E-state index in [9.17, 15) is 4.79 Å². The largest absolute Gasteiger partial charge is 0.376 e. The molecule has 0 unspecified atom stereocenters. The molecule has 2 aromatic heterocycles. The number of ether oxygens (including phenoxy) is 1. The van der Waals surface area contributed by atoms with E-state index in [0.717, 1.165) is 52.1 Å². The monoisotopic (exact) mass is 339 g/mol. The van der Waals surface area contributed by atoms with E-state index in [1.54, 1.807) is 11.3 Å². The van der Waals surface area contributed by atoms with Gasteiger partial charge in [-0.15, -0.1) is 11.3 Å². The molecule has 2 aromatic rings. The molecular formula is C15H21N3O2S2. The number of rotatable bonds is 6. The highest BCUT2D eigenvalue weighted by atomic mass is 32.1. The molecule has 0 bridgehead atoms. The number of anilines is 1. The predicted molar refractivity (Wildman–Crippen MR) is 92.4 cm³/mol. The first-order valence-electron chi connectivity index (χ1n) is 7.76. The van der Waals surface area contributed by atoms with Crippen LogP contribution in [-0.4, -0.2) is 43.2 Å². The Hall–Kier alpha value is -1.18. The van der Waals surface area contributed by atoms with Crippen LogP contribution in [0.25, 0.3) is 9.53 Å². The standard InChI is InChI=1S/C15H21N3O2S2/c1-3-18(4-2)15-17-14-12(22-15)8-11(21-14)13(19)16-9-10-6-5-7-20-10/h8,10H,3-7,9H2,1-2H3,(H,16,19)/t10-/m1/s1. The van der Waals surface area contributed by atoms with E-state index in [0.29, 0.717) is 6.54 Å². The van der Waals surface area contributed by atoms with E-state index < -0.39 is 0 Å². The van der Waals surface area contributed by atoms with Gasteiger partial charge in [-0.2, -0.15) is 0 Å². The number of carbonyl (C=O) groups excluding carboxylic acids is 1. The number of thiazole rings is 1. The number of nitrogens with zero attached hydrogens (tertiary/aromatic N) is 2. The van der Waals surface area contributed by atoms with Crippen LogP contribution >= 0.6 is 22.7 Å². The molecule has 0 saturated carbocycles. The van der Waals surface area contributed by atoms with Crippen LogP contribution in [0, 0.1) is 0 Å². The Morgan fingerprint density at radius 3 is 2.91 bits per heavy atom. The molecule has 22 heavy (non-hydrogen) atoms. The van der Waals surface area contributed by atoms with Crippen molar-refractivity contribution in [2.75, 3.05) is 31.1 Å². The van der Waals surface area contributed by atoms with Crippen LogP contribution in [0.2, 0.25) is 0 Å². The SMILES string of the molecule is CCN(CC)c1nc2sc(C(=O)NC[C@H]3CCCO3)cc2s1. The molecule has 3 heterocycles. The summed E-state index contributed by atoms with van der Waals surface area (Å²) >= 11 is 3.12. The summed E-state index contributed by atoms with van der Waals surface area (Å²) in [5.41, 5.74) is 0. The fourth-order valence-electron chi connectivity index (χ4n) is 2.56.